The SMILES string of the molecule is CC(C)(C)OC(=O)NCCC1CC(NC(=O)OCc2ccccc2)C1. The monoisotopic (exact) mass is 348 g/mol. The van der Waals surface area contributed by atoms with Crippen LogP contribution in [0.4, 0.5) is 9.59 Å². The van der Waals surface area contributed by atoms with Gasteiger partial charge < -0.3 is 20.1 Å². The van der Waals surface area contributed by atoms with Crippen molar-refractivity contribution in [1.29, 1.82) is 0 Å². The highest BCUT2D eigenvalue weighted by Gasteiger charge is 2.30. The van der Waals surface area contributed by atoms with E-state index in [1.807, 2.05) is 51.1 Å². The first-order valence-corrected chi connectivity index (χ1v) is 8.76. The lowest BCUT2D eigenvalue weighted by Gasteiger charge is -2.35. The quantitative estimate of drug-likeness (QED) is 0.823. The van der Waals surface area contributed by atoms with Crippen molar-refractivity contribution in [2.75, 3.05) is 6.54 Å². The third-order valence-electron chi connectivity index (χ3n) is 3.99. The number of hydrogen-bond donors (Lipinski definition) is 2. The lowest BCUT2D eigenvalue weighted by Crippen LogP contribution is -2.45. The number of carbonyl (C=O) groups is 2. The first-order valence-electron chi connectivity index (χ1n) is 8.76. The van der Waals surface area contributed by atoms with Crippen LogP contribution >= 0.6 is 0 Å². The molecule has 6 nitrogen and oxygen atoms in total. The van der Waals surface area contributed by atoms with Crippen LogP contribution in [0.15, 0.2) is 30.3 Å². The minimum atomic E-state index is -0.477. The minimum Gasteiger partial charge on any atom is -0.445 e. The van der Waals surface area contributed by atoms with E-state index >= 15 is 0 Å². The van der Waals surface area contributed by atoms with E-state index in [9.17, 15) is 9.59 Å². The number of amides is 2. The van der Waals surface area contributed by atoms with Gasteiger partial charge in [0.1, 0.15) is 12.2 Å². The molecular weight excluding hydrogens is 320 g/mol. The molecule has 0 spiro atoms. The van der Waals surface area contributed by atoms with Crippen LogP contribution in [0.25, 0.3) is 0 Å². The summed E-state index contributed by atoms with van der Waals surface area (Å²) in [6, 6.07) is 9.76. The topological polar surface area (TPSA) is 76.7 Å². The van der Waals surface area contributed by atoms with E-state index in [-0.39, 0.29) is 24.8 Å². The van der Waals surface area contributed by atoms with Crippen LogP contribution in [-0.4, -0.2) is 30.4 Å². The van der Waals surface area contributed by atoms with Gasteiger partial charge in [-0.25, -0.2) is 9.59 Å². The molecule has 138 valence electrons. The van der Waals surface area contributed by atoms with Gasteiger partial charge in [-0.3, -0.25) is 0 Å². The van der Waals surface area contributed by atoms with Crippen LogP contribution in [0.3, 0.4) is 0 Å². The molecule has 0 radical (unpaired) electrons. The van der Waals surface area contributed by atoms with Crippen LogP contribution < -0.4 is 10.6 Å². The minimum absolute atomic E-state index is 0.162. The number of rotatable bonds is 6. The third kappa shape index (κ3) is 7.45. The third-order valence-corrected chi connectivity index (χ3v) is 3.99. The molecule has 25 heavy (non-hydrogen) atoms. The fourth-order valence-corrected chi connectivity index (χ4v) is 2.71. The molecule has 1 aliphatic rings. The average Bonchev–Trinajstić information content (AvgIpc) is 2.49. The van der Waals surface area contributed by atoms with Gasteiger partial charge in [0.2, 0.25) is 0 Å². The van der Waals surface area contributed by atoms with Crippen molar-refractivity contribution in [1.82, 2.24) is 10.6 Å². The zero-order chi connectivity index (χ0) is 18.3. The molecule has 0 atom stereocenters. The van der Waals surface area contributed by atoms with Gasteiger partial charge in [0, 0.05) is 12.6 Å². The summed E-state index contributed by atoms with van der Waals surface area (Å²) in [6.07, 6.45) is 1.95. The lowest BCUT2D eigenvalue weighted by atomic mass is 9.78. The van der Waals surface area contributed by atoms with Gasteiger partial charge >= 0.3 is 12.2 Å². The standard InChI is InChI=1S/C19H28N2O4/c1-19(2,3)25-17(22)20-10-9-15-11-16(12-15)21-18(23)24-13-14-7-5-4-6-8-14/h4-8,15-16H,9-13H2,1-3H3,(H,20,22)(H,21,23). The first kappa shape index (κ1) is 19.1. The predicted molar refractivity (Wildman–Crippen MR) is 95.1 cm³/mol. The molecule has 2 rings (SSSR count). The molecule has 2 N–H and O–H groups in total. The van der Waals surface area contributed by atoms with Crippen molar-refractivity contribution in [2.45, 2.75) is 58.3 Å². The Morgan fingerprint density at radius 3 is 2.44 bits per heavy atom. The van der Waals surface area contributed by atoms with Gasteiger partial charge in [-0.1, -0.05) is 30.3 Å². The van der Waals surface area contributed by atoms with E-state index in [0.29, 0.717) is 12.5 Å². The molecule has 1 aromatic carbocycles. The Bertz CT molecular complexity index is 563. The molecule has 6 heteroatoms. The molecule has 0 bridgehead atoms. The van der Waals surface area contributed by atoms with E-state index in [4.69, 9.17) is 9.47 Å². The van der Waals surface area contributed by atoms with E-state index in [1.165, 1.54) is 0 Å². The summed E-state index contributed by atoms with van der Waals surface area (Å²) in [6.45, 7) is 6.39. The van der Waals surface area contributed by atoms with Gasteiger partial charge in [-0.05, 0) is 51.5 Å². The Morgan fingerprint density at radius 1 is 1.12 bits per heavy atom. The molecule has 1 fully saturated rings. The second-order valence-electron chi connectivity index (χ2n) is 7.46. The Labute approximate surface area is 149 Å². The second-order valence-corrected chi connectivity index (χ2v) is 7.46. The van der Waals surface area contributed by atoms with Crippen molar-refractivity contribution in [3.63, 3.8) is 0 Å². The molecule has 1 aromatic rings. The summed E-state index contributed by atoms with van der Waals surface area (Å²) in [5, 5.41) is 5.63. The van der Waals surface area contributed by atoms with Gasteiger partial charge in [0.25, 0.3) is 0 Å². The Hall–Kier alpha value is -2.24. The van der Waals surface area contributed by atoms with Crippen LogP contribution in [-0.2, 0) is 16.1 Å². The van der Waals surface area contributed by atoms with E-state index in [0.717, 1.165) is 24.8 Å². The summed E-state index contributed by atoms with van der Waals surface area (Å²) in [5.41, 5.74) is 0.493. The summed E-state index contributed by atoms with van der Waals surface area (Å²) in [4.78, 5) is 23.3. The van der Waals surface area contributed by atoms with E-state index in [1.54, 1.807) is 0 Å². The highest BCUT2D eigenvalue weighted by atomic mass is 16.6. The number of ether oxygens (including phenoxy) is 2. The average molecular weight is 348 g/mol. The highest BCUT2D eigenvalue weighted by Crippen LogP contribution is 2.30. The summed E-state index contributed by atoms with van der Waals surface area (Å²) in [5.74, 6) is 0.509. The molecular formula is C19H28N2O4. The zero-order valence-corrected chi connectivity index (χ0v) is 15.2. The first-order chi connectivity index (χ1) is 11.8. The van der Waals surface area contributed by atoms with E-state index < -0.39 is 5.60 Å². The molecule has 0 aromatic heterocycles. The molecule has 1 saturated carbocycles. The van der Waals surface area contributed by atoms with Crippen LogP contribution in [0.5, 0.6) is 0 Å². The maximum absolute atomic E-state index is 11.8. The highest BCUT2D eigenvalue weighted by molar-refractivity contribution is 5.68. The summed E-state index contributed by atoms with van der Waals surface area (Å²) < 4.78 is 10.4. The number of nitrogens with one attached hydrogen (secondary N) is 2. The van der Waals surface area contributed by atoms with Crippen molar-refractivity contribution in [2.24, 2.45) is 5.92 Å². The van der Waals surface area contributed by atoms with Crippen molar-refractivity contribution in [3.05, 3.63) is 35.9 Å². The van der Waals surface area contributed by atoms with Crippen LogP contribution in [0.2, 0.25) is 0 Å². The Balaban J connectivity index is 1.52. The number of hydrogen-bond acceptors (Lipinski definition) is 4. The second kappa shape index (κ2) is 8.74. The molecule has 0 unspecified atom stereocenters. The summed E-state index contributed by atoms with van der Waals surface area (Å²) in [7, 11) is 0. The zero-order valence-electron chi connectivity index (χ0n) is 15.2. The molecule has 0 heterocycles. The van der Waals surface area contributed by atoms with Crippen molar-refractivity contribution < 1.29 is 19.1 Å². The van der Waals surface area contributed by atoms with Crippen LogP contribution in [0.1, 0.15) is 45.6 Å². The molecule has 2 amide bonds. The molecule has 0 saturated heterocycles. The lowest BCUT2D eigenvalue weighted by molar-refractivity contribution is 0.0521. The Morgan fingerprint density at radius 2 is 1.80 bits per heavy atom. The van der Waals surface area contributed by atoms with Crippen molar-refractivity contribution >= 4 is 12.2 Å². The number of carbonyl (C=O) groups excluding carboxylic acids is 2. The van der Waals surface area contributed by atoms with Gasteiger partial charge in [0.15, 0.2) is 0 Å². The largest absolute Gasteiger partial charge is 0.445 e. The fraction of sp³-hybridized carbons (Fsp3) is 0.579. The van der Waals surface area contributed by atoms with Crippen molar-refractivity contribution in [3.8, 4) is 0 Å². The smallest absolute Gasteiger partial charge is 0.407 e. The van der Waals surface area contributed by atoms with Crippen LogP contribution in [0, 0.1) is 5.92 Å². The predicted octanol–water partition coefficient (Wildman–Crippen LogP) is 3.61. The molecule has 1 aliphatic carbocycles. The summed E-state index contributed by atoms with van der Waals surface area (Å²) >= 11 is 0. The number of alkyl carbamates (subject to hydrolysis) is 2. The fourth-order valence-electron chi connectivity index (χ4n) is 2.71. The van der Waals surface area contributed by atoms with Gasteiger partial charge in [0.05, 0.1) is 0 Å². The normalized spacial score (nSPS) is 19.5. The van der Waals surface area contributed by atoms with E-state index in [2.05, 4.69) is 10.6 Å². The Kier molecular flexibility index (Phi) is 6.67. The molecule has 0 aliphatic heterocycles. The maximum Gasteiger partial charge on any atom is 0.407 e. The van der Waals surface area contributed by atoms with Gasteiger partial charge in [-0.15, -0.1) is 0 Å². The van der Waals surface area contributed by atoms with Gasteiger partial charge in [-0.2, -0.15) is 0 Å². The maximum atomic E-state index is 11.8. The number of benzene rings is 1.